The minimum Gasteiger partial charge on any atom is -0.481 e. The molecule has 1 aliphatic carbocycles. The summed E-state index contributed by atoms with van der Waals surface area (Å²) in [5, 5.41) is 18.7. The van der Waals surface area contributed by atoms with Gasteiger partial charge in [0.1, 0.15) is 0 Å². The highest BCUT2D eigenvalue weighted by Gasteiger charge is 2.39. The summed E-state index contributed by atoms with van der Waals surface area (Å²) in [4.78, 5) is 11.7. The van der Waals surface area contributed by atoms with Crippen LogP contribution in [0.1, 0.15) is 50.3 Å². The van der Waals surface area contributed by atoms with Gasteiger partial charge in [-0.25, -0.2) is 8.78 Å². The zero-order valence-corrected chi connectivity index (χ0v) is 19.4. The summed E-state index contributed by atoms with van der Waals surface area (Å²) in [6, 6.07) is 7.94. The van der Waals surface area contributed by atoms with Crippen LogP contribution in [0.4, 0.5) is 8.78 Å². The SMILES string of the molecule is COCC(C)(C)c1c([C@@H]2CC[C@@H](C(=O)O)C2)c2cc3[nH]ncc3cc2n1-c1ccc(F)c(F)c1. The zero-order chi connectivity index (χ0) is 24.2. The molecule has 1 fully saturated rings. The van der Waals surface area contributed by atoms with Crippen molar-refractivity contribution in [1.29, 1.82) is 0 Å². The summed E-state index contributed by atoms with van der Waals surface area (Å²) >= 11 is 0. The number of nitrogens with one attached hydrogen (secondary N) is 1. The minimum atomic E-state index is -0.924. The van der Waals surface area contributed by atoms with Crippen molar-refractivity contribution in [3.8, 4) is 5.69 Å². The number of carbonyl (C=O) groups is 1. The van der Waals surface area contributed by atoms with Crippen LogP contribution in [0.2, 0.25) is 0 Å². The molecule has 1 saturated carbocycles. The van der Waals surface area contributed by atoms with Crippen LogP contribution < -0.4 is 0 Å². The normalized spacial score (nSPS) is 18.9. The number of ether oxygens (including phenoxy) is 1. The van der Waals surface area contributed by atoms with Crippen molar-refractivity contribution in [2.24, 2.45) is 5.92 Å². The highest BCUT2D eigenvalue weighted by atomic mass is 19.2. The fraction of sp³-hybridized carbons (Fsp3) is 0.385. The number of H-pyrrole nitrogens is 1. The standard InChI is InChI=1S/C26H27F2N3O3/c1-26(2,13-34-3)24-23(14-4-5-15(8-14)25(32)33)18-11-21-16(12-29-30-21)9-22(18)31(24)17-6-7-19(27)20(28)10-17/h6-7,9-12,14-15H,4-5,8,13H2,1-3H3,(H,29,30)(H,32,33)/t14-,15-/m1/s1. The van der Waals surface area contributed by atoms with E-state index in [2.05, 4.69) is 24.0 Å². The average Bonchev–Trinajstić information content (AvgIpc) is 3.50. The first-order valence-corrected chi connectivity index (χ1v) is 11.4. The van der Waals surface area contributed by atoms with Crippen molar-refractivity contribution in [3.05, 3.63) is 59.4 Å². The molecule has 5 rings (SSSR count). The molecule has 2 aromatic carbocycles. The number of fused-ring (bicyclic) bond motifs is 2. The number of carboxylic acids is 1. The van der Waals surface area contributed by atoms with Gasteiger partial charge in [-0.05, 0) is 55.0 Å². The third kappa shape index (κ3) is 3.57. The van der Waals surface area contributed by atoms with E-state index in [1.165, 1.54) is 6.07 Å². The van der Waals surface area contributed by atoms with Crippen molar-refractivity contribution < 1.29 is 23.4 Å². The zero-order valence-electron chi connectivity index (χ0n) is 19.4. The molecule has 0 spiro atoms. The van der Waals surface area contributed by atoms with Gasteiger partial charge in [0.2, 0.25) is 0 Å². The van der Waals surface area contributed by atoms with Gasteiger partial charge in [0.25, 0.3) is 0 Å². The van der Waals surface area contributed by atoms with Gasteiger partial charge in [0, 0.05) is 40.7 Å². The predicted octanol–water partition coefficient (Wildman–Crippen LogP) is 5.68. The Morgan fingerprint density at radius 1 is 1.24 bits per heavy atom. The molecular formula is C26H27F2N3O3. The van der Waals surface area contributed by atoms with Crippen LogP contribution in [0.5, 0.6) is 0 Å². The van der Waals surface area contributed by atoms with E-state index >= 15 is 0 Å². The van der Waals surface area contributed by atoms with Crippen molar-refractivity contribution in [2.75, 3.05) is 13.7 Å². The van der Waals surface area contributed by atoms with E-state index in [1.807, 2.05) is 16.7 Å². The number of aromatic amines is 1. The Labute approximate surface area is 195 Å². The molecule has 2 aromatic heterocycles. The fourth-order valence-corrected chi connectivity index (χ4v) is 5.62. The lowest BCUT2D eigenvalue weighted by molar-refractivity contribution is -0.141. The number of methoxy groups -OCH3 is 1. The van der Waals surface area contributed by atoms with Gasteiger partial charge in [-0.1, -0.05) is 13.8 Å². The summed E-state index contributed by atoms with van der Waals surface area (Å²) in [6.45, 7) is 4.51. The van der Waals surface area contributed by atoms with E-state index in [9.17, 15) is 18.7 Å². The van der Waals surface area contributed by atoms with Gasteiger partial charge in [0.05, 0.1) is 29.8 Å². The summed E-state index contributed by atoms with van der Waals surface area (Å²) in [7, 11) is 1.64. The second-order valence-corrected chi connectivity index (χ2v) is 9.88. The predicted molar refractivity (Wildman–Crippen MR) is 125 cm³/mol. The number of aliphatic carboxylic acids is 1. The summed E-state index contributed by atoms with van der Waals surface area (Å²) in [6.07, 6.45) is 3.61. The Morgan fingerprint density at radius 3 is 2.71 bits per heavy atom. The second kappa shape index (κ2) is 8.20. The topological polar surface area (TPSA) is 80.1 Å². The number of aromatic nitrogens is 3. The molecule has 1 aliphatic rings. The van der Waals surface area contributed by atoms with E-state index in [0.717, 1.165) is 45.6 Å². The molecule has 2 N–H and O–H groups in total. The molecule has 2 atom stereocenters. The summed E-state index contributed by atoms with van der Waals surface area (Å²) in [5.74, 6) is -2.99. The van der Waals surface area contributed by atoms with E-state index in [0.29, 0.717) is 25.1 Å². The van der Waals surface area contributed by atoms with Crippen molar-refractivity contribution in [2.45, 2.75) is 44.4 Å². The van der Waals surface area contributed by atoms with Crippen LogP contribution in [0.3, 0.4) is 0 Å². The summed E-state index contributed by atoms with van der Waals surface area (Å²) in [5.41, 5.74) is 3.67. The average molecular weight is 468 g/mol. The van der Waals surface area contributed by atoms with Gasteiger partial charge in [-0.15, -0.1) is 0 Å². The van der Waals surface area contributed by atoms with Crippen LogP contribution in [-0.4, -0.2) is 39.6 Å². The van der Waals surface area contributed by atoms with Gasteiger partial charge >= 0.3 is 5.97 Å². The van der Waals surface area contributed by atoms with E-state index in [1.54, 1.807) is 19.4 Å². The molecule has 4 aromatic rings. The minimum absolute atomic E-state index is 0.0154. The largest absolute Gasteiger partial charge is 0.481 e. The Kier molecular flexibility index (Phi) is 5.43. The monoisotopic (exact) mass is 467 g/mol. The lowest BCUT2D eigenvalue weighted by atomic mass is 9.82. The maximum Gasteiger partial charge on any atom is 0.306 e. The molecule has 0 aliphatic heterocycles. The number of carboxylic acid groups (broad SMARTS) is 1. The Hall–Kier alpha value is -3.26. The maximum absolute atomic E-state index is 14.4. The van der Waals surface area contributed by atoms with Crippen molar-refractivity contribution in [1.82, 2.24) is 14.8 Å². The molecule has 34 heavy (non-hydrogen) atoms. The molecule has 178 valence electrons. The molecule has 0 bridgehead atoms. The van der Waals surface area contributed by atoms with Gasteiger partial charge in [-0.3, -0.25) is 9.89 Å². The number of nitrogens with zero attached hydrogens (tertiary/aromatic N) is 2. The highest BCUT2D eigenvalue weighted by Crippen LogP contribution is 2.48. The van der Waals surface area contributed by atoms with E-state index in [-0.39, 0.29) is 5.92 Å². The lowest BCUT2D eigenvalue weighted by Gasteiger charge is -2.29. The Morgan fingerprint density at radius 2 is 2.03 bits per heavy atom. The first-order chi connectivity index (χ1) is 16.2. The Balaban J connectivity index is 1.88. The van der Waals surface area contributed by atoms with Gasteiger partial charge in [-0.2, -0.15) is 5.10 Å². The van der Waals surface area contributed by atoms with Crippen LogP contribution in [-0.2, 0) is 14.9 Å². The number of halogens is 2. The number of hydrogen-bond donors (Lipinski definition) is 2. The lowest BCUT2D eigenvalue weighted by Crippen LogP contribution is -2.28. The van der Waals surface area contributed by atoms with Gasteiger partial charge in [0.15, 0.2) is 11.6 Å². The number of hydrogen-bond acceptors (Lipinski definition) is 3. The first-order valence-electron chi connectivity index (χ1n) is 11.4. The number of benzene rings is 2. The smallest absolute Gasteiger partial charge is 0.306 e. The molecular weight excluding hydrogens is 440 g/mol. The molecule has 6 nitrogen and oxygen atoms in total. The first kappa shape index (κ1) is 22.5. The van der Waals surface area contributed by atoms with Crippen LogP contribution in [0.25, 0.3) is 27.5 Å². The quantitative estimate of drug-likeness (QED) is 0.383. The van der Waals surface area contributed by atoms with Crippen molar-refractivity contribution >= 4 is 27.8 Å². The third-order valence-electron chi connectivity index (χ3n) is 7.06. The fourth-order valence-electron chi connectivity index (χ4n) is 5.62. The molecule has 2 heterocycles. The third-order valence-corrected chi connectivity index (χ3v) is 7.06. The molecule has 0 radical (unpaired) electrons. The van der Waals surface area contributed by atoms with Crippen molar-refractivity contribution in [3.63, 3.8) is 0 Å². The Bertz CT molecular complexity index is 1410. The molecule has 0 unspecified atom stereocenters. The highest BCUT2D eigenvalue weighted by molar-refractivity contribution is 5.99. The summed E-state index contributed by atoms with van der Waals surface area (Å²) < 4.78 is 35.8. The molecule has 0 saturated heterocycles. The van der Waals surface area contributed by atoms with E-state index < -0.39 is 28.9 Å². The maximum atomic E-state index is 14.4. The van der Waals surface area contributed by atoms with Gasteiger partial charge < -0.3 is 14.4 Å². The van der Waals surface area contributed by atoms with E-state index in [4.69, 9.17) is 4.74 Å². The second-order valence-electron chi connectivity index (χ2n) is 9.88. The number of rotatable bonds is 6. The molecule has 0 amide bonds. The van der Waals surface area contributed by atoms with Crippen LogP contribution >= 0.6 is 0 Å². The van der Waals surface area contributed by atoms with Crippen LogP contribution in [0, 0.1) is 17.6 Å². The molecule has 8 heteroatoms. The van der Waals surface area contributed by atoms with Crippen LogP contribution in [0.15, 0.2) is 36.5 Å².